The van der Waals surface area contributed by atoms with Gasteiger partial charge in [-0.1, -0.05) is 36.8 Å². The van der Waals surface area contributed by atoms with Gasteiger partial charge in [-0.2, -0.15) is 0 Å². The zero-order valence-electron chi connectivity index (χ0n) is 8.20. The van der Waals surface area contributed by atoms with Crippen LogP contribution < -0.4 is 0 Å². The quantitative estimate of drug-likeness (QED) is 0.506. The predicted octanol–water partition coefficient (Wildman–Crippen LogP) is 2.79. The highest BCUT2D eigenvalue weighted by Crippen LogP contribution is 2.07. The number of hydrogen-bond donors (Lipinski definition) is 0. The third-order valence-electron chi connectivity index (χ3n) is 2.17. The molecule has 0 aromatic heterocycles. The van der Waals surface area contributed by atoms with Gasteiger partial charge in [-0.3, -0.25) is 0 Å². The molecule has 0 heterocycles. The molecule has 0 N–H and O–H groups in total. The standard InChI is InChI=1S/C11H17OSi/c1-13(12)10-6-5-9-11-7-3-2-4-8-11/h2-4,7-8,13H,5-6,9-10H2,1H3. The minimum atomic E-state index is -1.55. The van der Waals surface area contributed by atoms with E-state index in [4.69, 9.17) is 0 Å². The molecule has 0 amide bonds. The Morgan fingerprint density at radius 1 is 1.15 bits per heavy atom. The van der Waals surface area contributed by atoms with Crippen LogP contribution in [-0.2, 0) is 11.2 Å². The average molecular weight is 193 g/mol. The Labute approximate surface area is 82.2 Å². The van der Waals surface area contributed by atoms with Crippen molar-refractivity contribution in [3.63, 3.8) is 0 Å². The molecule has 0 spiro atoms. The molecule has 1 nitrogen and oxygen atoms in total. The van der Waals surface area contributed by atoms with E-state index in [2.05, 4.69) is 24.3 Å². The highest BCUT2D eigenvalue weighted by Gasteiger charge is 2.00. The van der Waals surface area contributed by atoms with Gasteiger partial charge in [-0.15, -0.1) is 0 Å². The zero-order valence-corrected chi connectivity index (χ0v) is 9.36. The summed E-state index contributed by atoms with van der Waals surface area (Å²) in [6.07, 6.45) is 3.41. The zero-order chi connectivity index (χ0) is 9.52. The maximum absolute atomic E-state index is 10.9. The average Bonchev–Trinajstić information content (AvgIpc) is 2.14. The van der Waals surface area contributed by atoms with Crippen molar-refractivity contribution >= 4 is 9.04 Å². The van der Waals surface area contributed by atoms with Crippen molar-refractivity contribution in [3.8, 4) is 0 Å². The Morgan fingerprint density at radius 3 is 2.46 bits per heavy atom. The Morgan fingerprint density at radius 2 is 1.85 bits per heavy atom. The lowest BCUT2D eigenvalue weighted by Crippen LogP contribution is -2.01. The molecule has 0 aliphatic carbocycles. The van der Waals surface area contributed by atoms with Crippen LogP contribution in [0.1, 0.15) is 18.4 Å². The van der Waals surface area contributed by atoms with E-state index >= 15 is 0 Å². The van der Waals surface area contributed by atoms with Crippen molar-refractivity contribution in [2.75, 3.05) is 0 Å². The molecule has 1 aromatic carbocycles. The van der Waals surface area contributed by atoms with E-state index in [0.717, 1.165) is 18.9 Å². The van der Waals surface area contributed by atoms with Gasteiger partial charge in [0.15, 0.2) is 0 Å². The van der Waals surface area contributed by atoms with Gasteiger partial charge in [-0.25, -0.2) is 0 Å². The lowest BCUT2D eigenvalue weighted by molar-refractivity contribution is 0.449. The first-order chi connectivity index (χ1) is 6.29. The maximum atomic E-state index is 10.9. The molecule has 0 saturated heterocycles. The molecule has 1 aromatic rings. The van der Waals surface area contributed by atoms with Crippen molar-refractivity contribution in [2.45, 2.75) is 31.9 Å². The first-order valence-corrected chi connectivity index (χ1v) is 7.43. The summed E-state index contributed by atoms with van der Waals surface area (Å²) < 4.78 is 0. The van der Waals surface area contributed by atoms with E-state index in [1.807, 2.05) is 12.6 Å². The summed E-state index contributed by atoms with van der Waals surface area (Å²) in [5, 5.41) is 0. The fourth-order valence-electron chi connectivity index (χ4n) is 1.41. The Balaban J connectivity index is 2.13. The van der Waals surface area contributed by atoms with Crippen LogP contribution in [0.2, 0.25) is 12.6 Å². The van der Waals surface area contributed by atoms with Gasteiger partial charge in [0.25, 0.3) is 0 Å². The predicted molar refractivity (Wildman–Crippen MR) is 57.9 cm³/mol. The molecule has 2 heteroatoms. The SMILES string of the molecule is C[SiH]([O])CCCCc1ccccc1. The number of unbranched alkanes of at least 4 members (excludes halogenated alkanes) is 1. The summed E-state index contributed by atoms with van der Waals surface area (Å²) in [5.41, 5.74) is 1.39. The molecular formula is C11H17OSi. The van der Waals surface area contributed by atoms with E-state index in [1.165, 1.54) is 12.0 Å². The van der Waals surface area contributed by atoms with Crippen LogP contribution in [0.4, 0.5) is 0 Å². The van der Waals surface area contributed by atoms with Crippen LogP contribution in [-0.4, -0.2) is 9.04 Å². The topological polar surface area (TPSA) is 19.9 Å². The van der Waals surface area contributed by atoms with Gasteiger partial charge in [0, 0.05) is 0 Å². The summed E-state index contributed by atoms with van der Waals surface area (Å²) in [6, 6.07) is 11.4. The van der Waals surface area contributed by atoms with Gasteiger partial charge in [-0.05, 0) is 31.0 Å². The van der Waals surface area contributed by atoms with Crippen molar-refractivity contribution in [3.05, 3.63) is 35.9 Å². The number of rotatable bonds is 5. The second-order valence-electron chi connectivity index (χ2n) is 3.54. The molecular weight excluding hydrogens is 176 g/mol. The molecule has 0 aliphatic heterocycles. The molecule has 0 fully saturated rings. The van der Waals surface area contributed by atoms with Gasteiger partial charge in [0.2, 0.25) is 9.04 Å². The molecule has 0 aliphatic rings. The molecule has 1 radical (unpaired) electrons. The van der Waals surface area contributed by atoms with E-state index in [-0.39, 0.29) is 0 Å². The normalized spacial score (nSPS) is 12.8. The Kier molecular flexibility index (Phi) is 4.79. The smallest absolute Gasteiger partial charge is 0.219 e. The second-order valence-corrected chi connectivity index (χ2v) is 5.74. The molecule has 1 atom stereocenters. The molecule has 13 heavy (non-hydrogen) atoms. The Bertz CT molecular complexity index is 221. The van der Waals surface area contributed by atoms with Gasteiger partial charge >= 0.3 is 0 Å². The minimum Gasteiger partial charge on any atom is -0.302 e. The Hall–Kier alpha value is -0.603. The van der Waals surface area contributed by atoms with Crippen LogP contribution in [0.15, 0.2) is 30.3 Å². The fraction of sp³-hybridized carbons (Fsp3) is 0.455. The van der Waals surface area contributed by atoms with E-state index in [9.17, 15) is 4.80 Å². The largest absolute Gasteiger partial charge is 0.302 e. The van der Waals surface area contributed by atoms with Crippen LogP contribution in [0.3, 0.4) is 0 Å². The number of aryl methyl sites for hydroxylation is 1. The number of benzene rings is 1. The lowest BCUT2D eigenvalue weighted by atomic mass is 10.1. The molecule has 1 rings (SSSR count). The summed E-state index contributed by atoms with van der Waals surface area (Å²) in [5.74, 6) is 0. The third-order valence-corrected chi connectivity index (χ3v) is 3.39. The fourth-order valence-corrected chi connectivity index (χ4v) is 2.27. The van der Waals surface area contributed by atoms with Gasteiger partial charge in [0.1, 0.15) is 0 Å². The van der Waals surface area contributed by atoms with Crippen LogP contribution in [0, 0.1) is 0 Å². The molecule has 0 bridgehead atoms. The molecule has 0 saturated carbocycles. The highest BCUT2D eigenvalue weighted by molar-refractivity contribution is 6.48. The lowest BCUT2D eigenvalue weighted by Gasteiger charge is -2.01. The first kappa shape index (κ1) is 10.5. The van der Waals surface area contributed by atoms with Gasteiger partial charge < -0.3 is 4.80 Å². The van der Waals surface area contributed by atoms with Crippen LogP contribution in [0.25, 0.3) is 0 Å². The first-order valence-electron chi connectivity index (χ1n) is 4.99. The summed E-state index contributed by atoms with van der Waals surface area (Å²) >= 11 is 0. The maximum Gasteiger partial charge on any atom is 0.219 e. The monoisotopic (exact) mass is 193 g/mol. The van der Waals surface area contributed by atoms with Crippen molar-refractivity contribution in [1.82, 2.24) is 0 Å². The molecule has 1 unspecified atom stereocenters. The third kappa shape index (κ3) is 4.86. The van der Waals surface area contributed by atoms with Crippen molar-refractivity contribution in [2.24, 2.45) is 0 Å². The number of hydrogen-bond acceptors (Lipinski definition) is 0. The molecule has 71 valence electrons. The summed E-state index contributed by atoms with van der Waals surface area (Å²) in [7, 11) is -1.55. The van der Waals surface area contributed by atoms with Crippen molar-refractivity contribution < 1.29 is 4.80 Å². The van der Waals surface area contributed by atoms with E-state index in [1.54, 1.807) is 0 Å². The van der Waals surface area contributed by atoms with E-state index < -0.39 is 9.04 Å². The second kappa shape index (κ2) is 5.94. The van der Waals surface area contributed by atoms with Gasteiger partial charge in [0.05, 0.1) is 0 Å². The van der Waals surface area contributed by atoms with Crippen LogP contribution in [0.5, 0.6) is 0 Å². The highest BCUT2D eigenvalue weighted by atomic mass is 28.3. The minimum absolute atomic E-state index is 0.951. The summed E-state index contributed by atoms with van der Waals surface area (Å²) in [4.78, 5) is 10.9. The summed E-state index contributed by atoms with van der Waals surface area (Å²) in [6.45, 7) is 1.88. The van der Waals surface area contributed by atoms with Crippen molar-refractivity contribution in [1.29, 1.82) is 0 Å². The van der Waals surface area contributed by atoms with E-state index in [0.29, 0.717) is 0 Å². The van der Waals surface area contributed by atoms with Crippen LogP contribution >= 0.6 is 0 Å².